The van der Waals surface area contributed by atoms with Crippen LogP contribution in [-0.4, -0.2) is 43.9 Å². The molecule has 180 valence electrons. The van der Waals surface area contributed by atoms with Crippen LogP contribution in [0.3, 0.4) is 0 Å². The molecule has 3 rings (SSSR count). The number of benzene rings is 2. The molecule has 0 aliphatic carbocycles. The van der Waals surface area contributed by atoms with Gasteiger partial charge in [-0.1, -0.05) is 63.2 Å². The van der Waals surface area contributed by atoms with E-state index in [1.54, 1.807) is 0 Å². The molecule has 2 aromatic rings. The minimum absolute atomic E-state index is 0.116. The molecule has 0 bridgehead atoms. The lowest BCUT2D eigenvalue weighted by molar-refractivity contribution is 0.0469. The molecule has 3 atom stereocenters. The summed E-state index contributed by atoms with van der Waals surface area (Å²) in [6.45, 7) is 13.5. The Hall–Kier alpha value is -2.35. The average Bonchev–Trinajstić information content (AvgIpc) is 3.51. The van der Waals surface area contributed by atoms with Gasteiger partial charge < -0.3 is 24.3 Å². The van der Waals surface area contributed by atoms with Gasteiger partial charge in [0.15, 0.2) is 0 Å². The maximum absolute atomic E-state index is 12.5. The Morgan fingerprint density at radius 2 is 1.73 bits per heavy atom. The van der Waals surface area contributed by atoms with Crippen molar-refractivity contribution in [2.75, 3.05) is 6.61 Å². The number of epoxide rings is 1. The van der Waals surface area contributed by atoms with Gasteiger partial charge in [0.25, 0.3) is 0 Å². The normalized spacial score (nSPS) is 20.0. The number of aliphatic hydroxyl groups excluding tert-OH is 1. The highest BCUT2D eigenvalue weighted by molar-refractivity contribution is 6.74. The maximum atomic E-state index is 12.5. The number of rotatable bonds is 9. The largest absolute Gasteiger partial charge is 0.544 e. The standard InChI is InChI=1S/C26H37NO5Si/c1-25(2,3)33(5,6)32-21-14-12-19(13-15-21)16-22(23(28)26(4)18-31-26)27-24(29)30-17-20-10-8-7-9-11-20/h7-15,22-23,28H,16-18H2,1-6H3,(H,27,29)/t22-,23+,26-/m0/s1. The highest BCUT2D eigenvalue weighted by atomic mass is 28.4. The zero-order valence-electron chi connectivity index (χ0n) is 20.6. The second-order valence-electron chi connectivity index (χ2n) is 10.6. The van der Waals surface area contributed by atoms with Crippen LogP contribution in [0.15, 0.2) is 54.6 Å². The Balaban J connectivity index is 1.64. The van der Waals surface area contributed by atoms with Crippen molar-refractivity contribution in [2.24, 2.45) is 0 Å². The first-order chi connectivity index (χ1) is 15.4. The molecule has 0 radical (unpaired) electrons. The van der Waals surface area contributed by atoms with Crippen molar-refractivity contribution in [2.45, 2.75) is 76.6 Å². The Morgan fingerprint density at radius 3 is 2.27 bits per heavy atom. The van der Waals surface area contributed by atoms with E-state index in [-0.39, 0.29) is 11.6 Å². The van der Waals surface area contributed by atoms with Gasteiger partial charge in [-0.25, -0.2) is 4.79 Å². The molecule has 0 saturated carbocycles. The van der Waals surface area contributed by atoms with Crippen molar-refractivity contribution in [3.8, 4) is 5.75 Å². The quantitative estimate of drug-likeness (QED) is 0.395. The van der Waals surface area contributed by atoms with E-state index < -0.39 is 32.2 Å². The van der Waals surface area contributed by atoms with Gasteiger partial charge in [0.05, 0.1) is 12.6 Å². The number of ether oxygens (including phenoxy) is 2. The van der Waals surface area contributed by atoms with Crippen LogP contribution in [0, 0.1) is 0 Å². The van der Waals surface area contributed by atoms with Crippen molar-refractivity contribution in [1.29, 1.82) is 0 Å². The van der Waals surface area contributed by atoms with Gasteiger partial charge >= 0.3 is 6.09 Å². The molecule has 1 saturated heterocycles. The third-order valence-corrected chi connectivity index (χ3v) is 11.0. The van der Waals surface area contributed by atoms with Crippen molar-refractivity contribution in [3.05, 3.63) is 65.7 Å². The van der Waals surface area contributed by atoms with E-state index in [1.165, 1.54) is 0 Å². The molecule has 2 N–H and O–H groups in total. The monoisotopic (exact) mass is 471 g/mol. The van der Waals surface area contributed by atoms with E-state index in [9.17, 15) is 9.90 Å². The van der Waals surface area contributed by atoms with Crippen molar-refractivity contribution < 1.29 is 23.8 Å². The van der Waals surface area contributed by atoms with Gasteiger partial charge in [0, 0.05) is 0 Å². The average molecular weight is 472 g/mol. The van der Waals surface area contributed by atoms with Gasteiger partial charge in [-0.3, -0.25) is 0 Å². The first kappa shape index (κ1) is 25.3. The van der Waals surface area contributed by atoms with Gasteiger partial charge in [-0.05, 0) is 54.7 Å². The smallest absolute Gasteiger partial charge is 0.407 e. The summed E-state index contributed by atoms with van der Waals surface area (Å²) in [4.78, 5) is 12.5. The first-order valence-electron chi connectivity index (χ1n) is 11.5. The molecule has 1 aliphatic heterocycles. The lowest BCUT2D eigenvalue weighted by Crippen LogP contribution is -2.50. The fourth-order valence-electron chi connectivity index (χ4n) is 3.26. The second-order valence-corrected chi connectivity index (χ2v) is 15.3. The summed E-state index contributed by atoms with van der Waals surface area (Å²) in [6.07, 6.45) is -0.976. The van der Waals surface area contributed by atoms with Crippen molar-refractivity contribution >= 4 is 14.4 Å². The van der Waals surface area contributed by atoms with Crippen LogP contribution in [0.4, 0.5) is 4.79 Å². The zero-order valence-corrected chi connectivity index (χ0v) is 21.6. The molecule has 33 heavy (non-hydrogen) atoms. The van der Waals surface area contributed by atoms with Crippen LogP contribution < -0.4 is 9.74 Å². The van der Waals surface area contributed by atoms with Crippen LogP contribution >= 0.6 is 0 Å². The predicted octanol–water partition coefficient (Wildman–Crippen LogP) is 5.06. The minimum Gasteiger partial charge on any atom is -0.544 e. The van der Waals surface area contributed by atoms with Crippen LogP contribution in [0.2, 0.25) is 18.1 Å². The molecule has 1 amide bonds. The van der Waals surface area contributed by atoms with Gasteiger partial charge in [-0.2, -0.15) is 0 Å². The van der Waals surface area contributed by atoms with Crippen LogP contribution in [0.5, 0.6) is 5.75 Å². The lowest BCUT2D eigenvalue weighted by Gasteiger charge is -2.36. The summed E-state index contributed by atoms with van der Waals surface area (Å²) < 4.78 is 17.2. The highest BCUT2D eigenvalue weighted by Gasteiger charge is 2.50. The number of carbonyl (C=O) groups excluding carboxylic acids is 1. The predicted molar refractivity (Wildman–Crippen MR) is 132 cm³/mol. The fourth-order valence-corrected chi connectivity index (χ4v) is 4.29. The van der Waals surface area contributed by atoms with Gasteiger partial charge in [0.2, 0.25) is 8.32 Å². The maximum Gasteiger partial charge on any atom is 0.407 e. The van der Waals surface area contributed by atoms with Crippen LogP contribution in [0.1, 0.15) is 38.8 Å². The summed E-state index contributed by atoms with van der Waals surface area (Å²) in [6, 6.07) is 16.8. The second kappa shape index (κ2) is 9.87. The Labute approximate surface area is 198 Å². The van der Waals surface area contributed by atoms with E-state index >= 15 is 0 Å². The number of alkyl carbamates (subject to hydrolysis) is 1. The summed E-state index contributed by atoms with van der Waals surface area (Å²) in [7, 11) is -1.92. The number of nitrogens with one attached hydrogen (secondary N) is 1. The third kappa shape index (κ3) is 6.82. The number of hydrogen-bond donors (Lipinski definition) is 2. The SMILES string of the molecule is CC(C)(C)[Si](C)(C)Oc1ccc(C[C@H](NC(=O)OCc2ccccc2)[C@@H](O)[C@]2(C)CO2)cc1. The van der Waals surface area contributed by atoms with Gasteiger partial charge in [-0.15, -0.1) is 0 Å². The van der Waals surface area contributed by atoms with Crippen molar-refractivity contribution in [3.63, 3.8) is 0 Å². The first-order valence-corrected chi connectivity index (χ1v) is 14.4. The Morgan fingerprint density at radius 1 is 1.12 bits per heavy atom. The molecular weight excluding hydrogens is 434 g/mol. The topological polar surface area (TPSA) is 80.3 Å². The Bertz CT molecular complexity index is 920. The summed E-state index contributed by atoms with van der Waals surface area (Å²) in [5.74, 6) is 0.843. The third-order valence-electron chi connectivity index (χ3n) is 6.68. The molecule has 7 heteroatoms. The summed E-state index contributed by atoms with van der Waals surface area (Å²) in [5, 5.41) is 13.8. The number of hydrogen-bond acceptors (Lipinski definition) is 5. The van der Waals surface area contributed by atoms with E-state index in [0.717, 1.165) is 16.9 Å². The van der Waals surface area contributed by atoms with Gasteiger partial charge in [0.1, 0.15) is 24.1 Å². The molecule has 1 heterocycles. The number of amides is 1. The molecule has 1 fully saturated rings. The molecule has 0 aromatic heterocycles. The molecular formula is C26H37NO5Si. The number of aliphatic hydroxyl groups is 1. The molecule has 0 unspecified atom stereocenters. The summed E-state index contributed by atoms with van der Waals surface area (Å²) in [5.41, 5.74) is 1.23. The number of carbonyl (C=O) groups is 1. The van der Waals surface area contributed by atoms with Crippen LogP contribution in [-0.2, 0) is 22.5 Å². The lowest BCUT2D eigenvalue weighted by atomic mass is 9.93. The fraction of sp³-hybridized carbons (Fsp3) is 0.500. The van der Waals surface area contributed by atoms with E-state index in [2.05, 4.69) is 39.2 Å². The van der Waals surface area contributed by atoms with Crippen LogP contribution in [0.25, 0.3) is 0 Å². The van der Waals surface area contributed by atoms with Crippen molar-refractivity contribution in [1.82, 2.24) is 5.32 Å². The molecule has 6 nitrogen and oxygen atoms in total. The molecule has 2 aromatic carbocycles. The van der Waals surface area contributed by atoms with E-state index in [0.29, 0.717) is 13.0 Å². The highest BCUT2D eigenvalue weighted by Crippen LogP contribution is 2.37. The zero-order chi connectivity index (χ0) is 24.3. The molecule has 0 spiro atoms. The summed E-state index contributed by atoms with van der Waals surface area (Å²) >= 11 is 0. The molecule has 1 aliphatic rings. The Kier molecular flexibility index (Phi) is 7.56. The van der Waals surface area contributed by atoms with E-state index in [4.69, 9.17) is 13.9 Å². The van der Waals surface area contributed by atoms with E-state index in [1.807, 2.05) is 61.5 Å². The minimum atomic E-state index is -1.92.